The van der Waals surface area contributed by atoms with E-state index in [9.17, 15) is 18.0 Å². The zero-order valence-electron chi connectivity index (χ0n) is 10.6. The lowest BCUT2D eigenvalue weighted by atomic mass is 9.96. The number of nitrogens with one attached hydrogen (secondary N) is 2. The summed E-state index contributed by atoms with van der Waals surface area (Å²) in [7, 11) is -3.07. The Morgan fingerprint density at radius 3 is 2.42 bits per heavy atom. The molecule has 110 valence electrons. The van der Waals surface area contributed by atoms with Crippen molar-refractivity contribution in [3.63, 3.8) is 0 Å². The van der Waals surface area contributed by atoms with Crippen molar-refractivity contribution in [2.75, 3.05) is 7.11 Å². The summed E-state index contributed by atoms with van der Waals surface area (Å²) in [6, 6.07) is -0.720. The molecule has 19 heavy (non-hydrogen) atoms. The highest BCUT2D eigenvalue weighted by Gasteiger charge is 2.32. The normalized spacial score (nSPS) is 24.3. The van der Waals surface area contributed by atoms with Crippen molar-refractivity contribution in [1.29, 1.82) is 0 Å². The molecular weight excluding hydrogens is 276 g/mol. The van der Waals surface area contributed by atoms with Crippen LogP contribution in [0.4, 0.5) is 4.79 Å². The number of methoxy groups -OCH3 is 1. The first-order valence-corrected chi connectivity index (χ1v) is 7.45. The van der Waals surface area contributed by atoms with Gasteiger partial charge in [-0.05, 0) is 12.8 Å². The van der Waals surface area contributed by atoms with E-state index in [1.165, 1.54) is 0 Å². The average molecular weight is 294 g/mol. The van der Waals surface area contributed by atoms with Crippen LogP contribution in [0, 0.1) is 5.92 Å². The minimum atomic E-state index is -4.11. The SMILES string of the molecule is COC(=O)NS(=O)(=O)NC1CCCCCC1C(=O)O. The quantitative estimate of drug-likeness (QED) is 0.637. The number of amides is 1. The molecule has 9 heteroatoms. The fourth-order valence-corrected chi connectivity index (χ4v) is 3.17. The predicted molar refractivity (Wildman–Crippen MR) is 65.6 cm³/mol. The topological polar surface area (TPSA) is 122 Å². The molecule has 1 amide bonds. The Morgan fingerprint density at radius 2 is 1.84 bits per heavy atom. The molecule has 1 rings (SSSR count). The van der Waals surface area contributed by atoms with Crippen LogP contribution in [-0.2, 0) is 19.7 Å². The van der Waals surface area contributed by atoms with Crippen molar-refractivity contribution in [2.45, 2.75) is 38.1 Å². The van der Waals surface area contributed by atoms with Gasteiger partial charge in [0.05, 0.1) is 13.0 Å². The number of rotatable bonds is 4. The third-order valence-corrected chi connectivity index (χ3v) is 4.09. The maximum Gasteiger partial charge on any atom is 0.421 e. The van der Waals surface area contributed by atoms with Crippen LogP contribution >= 0.6 is 0 Å². The zero-order chi connectivity index (χ0) is 14.5. The number of aliphatic carboxylic acids is 1. The van der Waals surface area contributed by atoms with E-state index in [2.05, 4.69) is 9.46 Å². The monoisotopic (exact) mass is 294 g/mol. The van der Waals surface area contributed by atoms with Gasteiger partial charge in [-0.15, -0.1) is 0 Å². The third-order valence-electron chi connectivity index (χ3n) is 3.04. The molecule has 0 aromatic heterocycles. The van der Waals surface area contributed by atoms with Crippen LogP contribution in [0.25, 0.3) is 0 Å². The third kappa shape index (κ3) is 5.03. The lowest BCUT2D eigenvalue weighted by Gasteiger charge is -2.22. The Morgan fingerprint density at radius 1 is 1.21 bits per heavy atom. The van der Waals surface area contributed by atoms with E-state index in [0.29, 0.717) is 12.8 Å². The Balaban J connectivity index is 2.75. The summed E-state index contributed by atoms with van der Waals surface area (Å²) < 4.78 is 31.3. The van der Waals surface area contributed by atoms with E-state index >= 15 is 0 Å². The van der Waals surface area contributed by atoms with E-state index < -0.39 is 34.2 Å². The first kappa shape index (κ1) is 15.7. The molecule has 0 spiro atoms. The maximum atomic E-state index is 11.6. The van der Waals surface area contributed by atoms with E-state index in [-0.39, 0.29) is 0 Å². The molecule has 0 aliphatic heterocycles. The Labute approximate surface area is 111 Å². The summed E-state index contributed by atoms with van der Waals surface area (Å²) in [6.45, 7) is 0. The standard InChI is InChI=1S/C10H18N2O6S/c1-18-10(15)12-19(16,17)11-8-6-4-2-3-5-7(8)9(13)14/h7-8,11H,2-6H2,1H3,(H,12,15)(H,13,14). The van der Waals surface area contributed by atoms with Gasteiger partial charge in [-0.1, -0.05) is 19.3 Å². The van der Waals surface area contributed by atoms with Gasteiger partial charge in [0.15, 0.2) is 0 Å². The summed E-state index contributed by atoms with van der Waals surface area (Å²) in [5.74, 6) is -1.82. The van der Waals surface area contributed by atoms with Crippen LogP contribution in [0.5, 0.6) is 0 Å². The number of carbonyl (C=O) groups is 2. The minimum absolute atomic E-state index is 0.417. The number of hydrogen-bond donors (Lipinski definition) is 3. The lowest BCUT2D eigenvalue weighted by molar-refractivity contribution is -0.142. The van der Waals surface area contributed by atoms with Crippen molar-refractivity contribution < 1.29 is 27.9 Å². The summed E-state index contributed by atoms with van der Waals surface area (Å²) in [4.78, 5) is 22.0. The molecule has 0 radical (unpaired) electrons. The number of carboxylic acids is 1. The summed E-state index contributed by atoms with van der Waals surface area (Å²) >= 11 is 0. The van der Waals surface area contributed by atoms with Crippen LogP contribution < -0.4 is 9.44 Å². The molecule has 1 fully saturated rings. The Bertz CT molecular complexity index is 435. The molecule has 3 N–H and O–H groups in total. The Kier molecular flexibility index (Phi) is 5.55. The van der Waals surface area contributed by atoms with Gasteiger partial charge in [-0.3, -0.25) is 4.79 Å². The minimum Gasteiger partial charge on any atom is -0.481 e. The van der Waals surface area contributed by atoms with E-state index in [4.69, 9.17) is 5.11 Å². The van der Waals surface area contributed by atoms with Gasteiger partial charge < -0.3 is 9.84 Å². The van der Waals surface area contributed by atoms with Crippen LogP contribution in [-0.4, -0.2) is 38.7 Å². The molecule has 0 heterocycles. The molecule has 8 nitrogen and oxygen atoms in total. The summed E-state index contributed by atoms with van der Waals surface area (Å²) in [5, 5.41) is 9.11. The molecule has 0 aromatic carbocycles. The maximum absolute atomic E-state index is 11.6. The van der Waals surface area contributed by atoms with Crippen molar-refractivity contribution in [3.8, 4) is 0 Å². The second kappa shape index (κ2) is 6.71. The molecular formula is C10H18N2O6S. The zero-order valence-corrected chi connectivity index (χ0v) is 11.4. The van der Waals surface area contributed by atoms with E-state index in [0.717, 1.165) is 26.4 Å². The fraction of sp³-hybridized carbons (Fsp3) is 0.800. The smallest absolute Gasteiger partial charge is 0.421 e. The average Bonchev–Trinajstić information content (AvgIpc) is 2.53. The highest BCUT2D eigenvalue weighted by atomic mass is 32.2. The van der Waals surface area contributed by atoms with Crippen LogP contribution in [0.15, 0.2) is 0 Å². The second-order valence-corrected chi connectivity index (χ2v) is 5.85. The van der Waals surface area contributed by atoms with Crippen molar-refractivity contribution in [1.82, 2.24) is 9.44 Å². The van der Waals surface area contributed by atoms with Gasteiger partial charge in [-0.2, -0.15) is 13.1 Å². The first-order chi connectivity index (χ1) is 8.85. The number of carbonyl (C=O) groups excluding carboxylic acids is 1. The van der Waals surface area contributed by atoms with E-state index in [1.807, 2.05) is 0 Å². The highest BCUT2D eigenvalue weighted by Crippen LogP contribution is 2.24. The van der Waals surface area contributed by atoms with Crippen molar-refractivity contribution in [3.05, 3.63) is 0 Å². The van der Waals surface area contributed by atoms with Crippen LogP contribution in [0.3, 0.4) is 0 Å². The molecule has 1 aliphatic rings. The lowest BCUT2D eigenvalue weighted by Crippen LogP contribution is -2.49. The molecule has 1 aliphatic carbocycles. The molecule has 2 atom stereocenters. The van der Waals surface area contributed by atoms with Crippen LogP contribution in [0.2, 0.25) is 0 Å². The molecule has 0 bridgehead atoms. The Hall–Kier alpha value is -1.35. The van der Waals surface area contributed by atoms with Gasteiger partial charge in [0.2, 0.25) is 0 Å². The van der Waals surface area contributed by atoms with Gasteiger partial charge >= 0.3 is 22.3 Å². The number of hydrogen-bond acceptors (Lipinski definition) is 5. The summed E-state index contributed by atoms with van der Waals surface area (Å²) in [6.07, 6.45) is 2.09. The van der Waals surface area contributed by atoms with Crippen molar-refractivity contribution >= 4 is 22.3 Å². The van der Waals surface area contributed by atoms with Crippen LogP contribution in [0.1, 0.15) is 32.1 Å². The number of ether oxygens (including phenoxy) is 1. The molecule has 0 aromatic rings. The first-order valence-electron chi connectivity index (χ1n) is 5.96. The van der Waals surface area contributed by atoms with Crippen molar-refractivity contribution in [2.24, 2.45) is 5.92 Å². The van der Waals surface area contributed by atoms with Gasteiger partial charge in [0.1, 0.15) is 0 Å². The van der Waals surface area contributed by atoms with Gasteiger partial charge in [-0.25, -0.2) is 9.52 Å². The second-order valence-electron chi connectivity index (χ2n) is 4.40. The van der Waals surface area contributed by atoms with E-state index in [1.54, 1.807) is 4.72 Å². The fourth-order valence-electron chi connectivity index (χ4n) is 2.12. The largest absolute Gasteiger partial charge is 0.481 e. The van der Waals surface area contributed by atoms with Gasteiger partial charge in [0, 0.05) is 6.04 Å². The van der Waals surface area contributed by atoms with Gasteiger partial charge in [0.25, 0.3) is 0 Å². The predicted octanol–water partition coefficient (Wildman–Crippen LogP) is 0.210. The molecule has 0 saturated heterocycles. The molecule has 2 unspecified atom stereocenters. The summed E-state index contributed by atoms with van der Waals surface area (Å²) in [5.41, 5.74) is 0. The molecule has 1 saturated carbocycles. The number of carboxylic acid groups (broad SMARTS) is 1. The highest BCUT2D eigenvalue weighted by molar-refractivity contribution is 7.88.